The van der Waals surface area contributed by atoms with Crippen molar-refractivity contribution in [3.63, 3.8) is 0 Å². The summed E-state index contributed by atoms with van der Waals surface area (Å²) in [7, 11) is 7.68. The average Bonchev–Trinajstić information content (AvgIpc) is 3.66. The SMILES string of the molecule is Fc1cccnc1Cl.O=C(O)CCn1c(=O)n(C2CCC(=O)NC2=O)c2ccc(CCN3CC4(CCN(CC5CCCCC5)CC4)C3)cc21.[CH2-]Nc1cc(Cl)ccc1C1(N(C)C(CC)C(=O)NC)CCC(C)(C)CC1.[K+]. The Balaban J connectivity index is 0.000000228. The smallest absolute Gasteiger partial charge is 0.538 e. The molecule has 5 fully saturated rings. The summed E-state index contributed by atoms with van der Waals surface area (Å²) in [5, 5.41) is 18.1. The van der Waals surface area contributed by atoms with Gasteiger partial charge in [-0.2, -0.15) is 0 Å². The maximum Gasteiger partial charge on any atom is 1.00 e. The first kappa shape index (κ1) is 62.0. The van der Waals surface area contributed by atoms with Crippen LogP contribution in [0.5, 0.6) is 0 Å². The Bertz CT molecular complexity index is 2670. The zero-order valence-corrected chi connectivity index (χ0v) is 50.3. The van der Waals surface area contributed by atoms with Gasteiger partial charge in [0.25, 0.3) is 0 Å². The van der Waals surface area contributed by atoms with Crippen molar-refractivity contribution in [3.05, 3.63) is 99.4 Å². The quantitative estimate of drug-likeness (QED) is 0.0446. The van der Waals surface area contributed by atoms with Crippen LogP contribution in [0.3, 0.4) is 0 Å². The minimum atomic E-state index is -0.985. The monoisotopic (exact) mass is 1110 g/mol. The third kappa shape index (κ3) is 15.2. The van der Waals surface area contributed by atoms with Crippen LogP contribution >= 0.6 is 23.2 Å². The third-order valence-electron chi connectivity index (χ3n) is 17.0. The molecule has 9 rings (SSSR count). The molecule has 3 aliphatic heterocycles. The van der Waals surface area contributed by atoms with Crippen molar-refractivity contribution >= 4 is 63.6 Å². The van der Waals surface area contributed by atoms with Gasteiger partial charge >= 0.3 is 63.0 Å². The molecule has 0 radical (unpaired) electrons. The van der Waals surface area contributed by atoms with E-state index in [1.54, 1.807) is 7.05 Å². The van der Waals surface area contributed by atoms with Crippen molar-refractivity contribution < 1.29 is 80.1 Å². The Morgan fingerprint density at radius 1 is 0.934 bits per heavy atom. The molecule has 5 heterocycles. The van der Waals surface area contributed by atoms with E-state index in [-0.39, 0.29) is 106 Å². The minimum Gasteiger partial charge on any atom is -0.538 e. The second-order valence-electron chi connectivity index (χ2n) is 22.5. The molecule has 2 aromatic heterocycles. The summed E-state index contributed by atoms with van der Waals surface area (Å²) in [5.74, 6) is -1.31. The number of carboxylic acid groups (broad SMARTS) is 1. The number of rotatable bonds is 15. The van der Waals surface area contributed by atoms with Gasteiger partial charge in [-0.25, -0.2) is 14.2 Å². The molecule has 2 aliphatic carbocycles. The summed E-state index contributed by atoms with van der Waals surface area (Å²) in [6.45, 7) is 13.8. The number of halogens is 3. The van der Waals surface area contributed by atoms with E-state index in [1.165, 1.54) is 97.6 Å². The van der Waals surface area contributed by atoms with Crippen LogP contribution in [0.15, 0.2) is 59.5 Å². The number of likely N-dealkylation sites (N-methyl/N-ethyl adjacent to an activating group) is 2. The van der Waals surface area contributed by atoms with Crippen molar-refractivity contribution in [1.82, 2.24) is 39.5 Å². The van der Waals surface area contributed by atoms with Crippen molar-refractivity contribution in [2.45, 2.75) is 148 Å². The van der Waals surface area contributed by atoms with Gasteiger partial charge in [0.15, 0.2) is 11.0 Å². The van der Waals surface area contributed by atoms with Crippen molar-refractivity contribution in [2.75, 3.05) is 58.7 Å². The Morgan fingerprint density at radius 2 is 1.63 bits per heavy atom. The first-order chi connectivity index (χ1) is 35.8. The first-order valence-electron chi connectivity index (χ1n) is 27.1. The number of piperidine rings is 2. The fourth-order valence-electron chi connectivity index (χ4n) is 12.4. The number of pyridine rings is 1. The fourth-order valence-corrected chi connectivity index (χ4v) is 12.7. The summed E-state index contributed by atoms with van der Waals surface area (Å²) in [6.07, 6.45) is 17.2. The van der Waals surface area contributed by atoms with Crippen LogP contribution < -0.4 is 73.0 Å². The standard InChI is InChI=1S/C31H43N5O5.C21H33ClN3O.C5H3ClFN.K/c37-27-9-8-25(29(40)32-27)36-24-7-6-22(18-26(24)35(30(36)41)15-11-28(38)39)10-14-34-20-31(21-34)12-16-33(17-13-31)19-23-4-2-1-3-5-23;1-7-18(19(26)24-5)25(6)21(12-10-20(2,3)11-13-21)16-9-8-15(22)14-17(16)23-4;6-5-4(7)2-1-3-8-5;/h6-7,18,23,25H,1-5,8-17,19-21H2,(H,38,39)(H,32,37,40);8-9,14,18,23H,4,7,10-13H2,1-3,5-6H3,(H,24,26);1-3H;/q;-1;;+1. The summed E-state index contributed by atoms with van der Waals surface area (Å²) >= 11 is 11.4. The number of benzene rings is 2. The Morgan fingerprint density at radius 3 is 2.22 bits per heavy atom. The number of aliphatic carboxylic acids is 1. The number of imidazole rings is 1. The molecule has 15 nitrogen and oxygen atoms in total. The maximum absolute atomic E-state index is 13.4. The average molecular weight is 1120 g/mol. The third-order valence-corrected chi connectivity index (χ3v) is 17.5. The number of aryl methyl sites for hydroxylation is 1. The molecular weight excluding hydrogens is 1040 g/mol. The van der Waals surface area contributed by atoms with Crippen LogP contribution in [0, 0.1) is 29.6 Å². The number of anilines is 1. The van der Waals surface area contributed by atoms with Gasteiger partial charge in [0.05, 0.1) is 23.5 Å². The molecule has 4 aromatic rings. The number of amides is 3. The number of nitrogens with one attached hydrogen (secondary N) is 3. The number of fused-ring (bicyclic) bond motifs is 1. The minimum absolute atomic E-state index is 0. The van der Waals surface area contributed by atoms with Crippen molar-refractivity contribution in [1.29, 1.82) is 0 Å². The van der Waals surface area contributed by atoms with Crippen LogP contribution in [-0.2, 0) is 37.7 Å². The Kier molecular flexibility index (Phi) is 22.6. The van der Waals surface area contributed by atoms with Gasteiger partial charge in [0, 0.05) is 68.6 Å². The van der Waals surface area contributed by atoms with Crippen LogP contribution in [0.1, 0.15) is 134 Å². The maximum atomic E-state index is 13.4. The van der Waals surface area contributed by atoms with Gasteiger partial charge in [-0.05, 0) is 155 Å². The summed E-state index contributed by atoms with van der Waals surface area (Å²) < 4.78 is 15.0. The Hall–Kier alpha value is -3.23. The molecule has 410 valence electrons. The zero-order valence-electron chi connectivity index (χ0n) is 45.7. The van der Waals surface area contributed by atoms with E-state index in [1.807, 2.05) is 30.3 Å². The molecule has 4 N–H and O–H groups in total. The molecule has 76 heavy (non-hydrogen) atoms. The largest absolute Gasteiger partial charge is 1.00 e. The fraction of sp³-hybridized carbons (Fsp3) is 0.596. The number of hydrogen-bond donors (Lipinski definition) is 4. The molecule has 2 unspecified atom stereocenters. The van der Waals surface area contributed by atoms with Crippen LogP contribution in [0.25, 0.3) is 11.0 Å². The van der Waals surface area contributed by atoms with E-state index < -0.39 is 29.4 Å². The van der Waals surface area contributed by atoms with Gasteiger partial charge in [-0.15, -0.1) is 0 Å². The second kappa shape index (κ2) is 27.8. The predicted octanol–water partition coefficient (Wildman–Crippen LogP) is 6.45. The summed E-state index contributed by atoms with van der Waals surface area (Å²) in [5.41, 5.74) is 4.62. The number of carbonyl (C=O) groups excluding carboxylic acids is 3. The van der Waals surface area contributed by atoms with Gasteiger partial charge in [-0.3, -0.25) is 45.6 Å². The summed E-state index contributed by atoms with van der Waals surface area (Å²) in [4.78, 5) is 72.5. The van der Waals surface area contributed by atoms with E-state index in [2.05, 4.69) is 76.6 Å². The number of imide groups is 1. The van der Waals surface area contributed by atoms with E-state index >= 15 is 0 Å². The van der Waals surface area contributed by atoms with Crippen molar-refractivity contribution in [3.8, 4) is 0 Å². The van der Waals surface area contributed by atoms with Gasteiger partial charge < -0.3 is 25.5 Å². The number of nitrogens with zero attached hydrogens (tertiary/aromatic N) is 6. The topological polar surface area (TPSA) is 174 Å². The number of likely N-dealkylation sites (tertiary alicyclic amines) is 2. The first-order valence-corrected chi connectivity index (χ1v) is 27.8. The molecule has 2 saturated carbocycles. The molecule has 1 spiro atoms. The molecule has 2 aromatic carbocycles. The number of aromatic nitrogens is 3. The number of hydrogen-bond acceptors (Lipinski definition) is 10. The molecule has 3 amide bonds. The molecule has 2 atom stereocenters. The van der Waals surface area contributed by atoms with E-state index in [9.17, 15) is 33.5 Å². The van der Waals surface area contributed by atoms with Gasteiger partial charge in [-0.1, -0.05) is 75.4 Å². The molecule has 19 heteroatoms. The second-order valence-corrected chi connectivity index (χ2v) is 23.3. The molecule has 3 saturated heterocycles. The van der Waals surface area contributed by atoms with Gasteiger partial charge in [0.1, 0.15) is 6.04 Å². The van der Waals surface area contributed by atoms with Crippen LogP contribution in [0.2, 0.25) is 10.2 Å². The molecule has 5 aliphatic rings. The van der Waals surface area contributed by atoms with E-state index in [4.69, 9.17) is 23.2 Å². The molecular formula is C57H79Cl2FKN9O6. The van der Waals surface area contributed by atoms with E-state index in [0.29, 0.717) is 26.9 Å². The number of carboxylic acids is 1. The van der Waals surface area contributed by atoms with E-state index in [0.717, 1.165) is 75.3 Å². The Labute approximate surface area is 501 Å². The van der Waals surface area contributed by atoms with Crippen molar-refractivity contribution in [2.24, 2.45) is 16.7 Å². The number of carbonyl (C=O) groups is 4. The zero-order chi connectivity index (χ0) is 54.1. The van der Waals surface area contributed by atoms with Crippen LogP contribution in [-0.4, -0.2) is 117 Å². The molecule has 0 bridgehead atoms. The van der Waals surface area contributed by atoms with Crippen LogP contribution in [0.4, 0.5) is 10.1 Å². The normalized spacial score (nSPS) is 20.7. The van der Waals surface area contributed by atoms with Gasteiger partial charge in [0.2, 0.25) is 17.7 Å². The summed E-state index contributed by atoms with van der Waals surface area (Å²) in [6, 6.07) is 13.6. The predicted molar refractivity (Wildman–Crippen MR) is 294 cm³/mol.